The number of rotatable bonds is 6. The summed E-state index contributed by atoms with van der Waals surface area (Å²) in [6.07, 6.45) is 0. The summed E-state index contributed by atoms with van der Waals surface area (Å²) in [5, 5.41) is 9.90. The fraction of sp³-hybridized carbons (Fsp3) is 0.0556. The maximum Gasteiger partial charge on any atom is 0.0549 e. The van der Waals surface area contributed by atoms with Gasteiger partial charge in [0.15, 0.2) is 0 Å². The Hall–Kier alpha value is -4.66. The van der Waals surface area contributed by atoms with Crippen LogP contribution in [0.2, 0.25) is 0 Å². The van der Waals surface area contributed by atoms with Crippen LogP contribution in [0.15, 0.2) is 146 Å². The summed E-state index contributed by atoms with van der Waals surface area (Å²) in [6, 6.07) is 52.7. The molecule has 38 heavy (non-hydrogen) atoms. The van der Waals surface area contributed by atoms with Crippen LogP contribution in [0.4, 0.5) is 11.4 Å². The number of anilines is 2. The van der Waals surface area contributed by atoms with Gasteiger partial charge in [0.05, 0.1) is 17.8 Å². The molecule has 1 aliphatic rings. The van der Waals surface area contributed by atoms with E-state index in [1.54, 1.807) is 0 Å². The SMILES string of the molecule is c1ccc(-c2cc3ccccc3c(Nc3ccc([C@@H]4NC4c4ccccc4)cc3)c2-c2ccccc2)cc1. The molecule has 0 aliphatic carbocycles. The van der Waals surface area contributed by atoms with Crippen molar-refractivity contribution in [2.45, 2.75) is 12.1 Å². The molecule has 0 amide bonds. The molecule has 182 valence electrons. The zero-order chi connectivity index (χ0) is 25.3. The standard InChI is InChI=1S/C36H28N2/c1-4-12-25(13-5-1)32-24-29-18-10-11-19-31(29)36(33(32)26-14-6-2-7-15-26)37-30-22-20-28(21-23-30)35-34(38-35)27-16-8-3-9-17-27/h1-24,34-35,37-38H/t34?,35-/m0/s1. The highest BCUT2D eigenvalue weighted by Crippen LogP contribution is 2.45. The third-order valence-corrected chi connectivity index (χ3v) is 7.48. The molecule has 1 fully saturated rings. The molecular formula is C36H28N2. The van der Waals surface area contributed by atoms with Gasteiger partial charge in [-0.3, -0.25) is 5.32 Å². The van der Waals surface area contributed by atoms with Gasteiger partial charge < -0.3 is 5.32 Å². The molecule has 2 atom stereocenters. The van der Waals surface area contributed by atoms with Gasteiger partial charge in [0.2, 0.25) is 0 Å². The predicted molar refractivity (Wildman–Crippen MR) is 160 cm³/mol. The average Bonchev–Trinajstić information content (AvgIpc) is 3.80. The lowest BCUT2D eigenvalue weighted by Gasteiger charge is -2.20. The van der Waals surface area contributed by atoms with Crippen molar-refractivity contribution in [1.82, 2.24) is 5.32 Å². The number of benzene rings is 6. The number of nitrogens with one attached hydrogen (secondary N) is 2. The minimum absolute atomic E-state index is 0.369. The van der Waals surface area contributed by atoms with Crippen molar-refractivity contribution in [2.75, 3.05) is 5.32 Å². The summed E-state index contributed by atoms with van der Waals surface area (Å²) in [5.74, 6) is 0. The molecule has 7 rings (SSSR count). The van der Waals surface area contributed by atoms with Crippen LogP contribution in [0.5, 0.6) is 0 Å². The van der Waals surface area contributed by atoms with E-state index >= 15 is 0 Å². The van der Waals surface area contributed by atoms with E-state index in [2.05, 4.69) is 156 Å². The smallest absolute Gasteiger partial charge is 0.0549 e. The molecule has 1 saturated heterocycles. The highest BCUT2D eigenvalue weighted by molar-refractivity contribution is 6.09. The van der Waals surface area contributed by atoms with Crippen LogP contribution in [-0.4, -0.2) is 0 Å². The molecule has 1 aliphatic heterocycles. The first-order valence-electron chi connectivity index (χ1n) is 13.2. The summed E-state index contributed by atoms with van der Waals surface area (Å²) in [6.45, 7) is 0. The summed E-state index contributed by atoms with van der Waals surface area (Å²) in [5.41, 5.74) is 9.72. The van der Waals surface area contributed by atoms with Crippen LogP contribution in [-0.2, 0) is 0 Å². The second-order valence-electron chi connectivity index (χ2n) is 9.91. The normalized spacial score (nSPS) is 16.3. The van der Waals surface area contributed by atoms with Crippen molar-refractivity contribution in [3.8, 4) is 22.3 Å². The molecule has 2 N–H and O–H groups in total. The van der Waals surface area contributed by atoms with Crippen LogP contribution >= 0.6 is 0 Å². The third-order valence-electron chi connectivity index (χ3n) is 7.48. The molecule has 6 aromatic rings. The molecule has 0 bridgehead atoms. The van der Waals surface area contributed by atoms with E-state index in [1.807, 2.05) is 0 Å². The molecule has 6 aromatic carbocycles. The molecule has 1 unspecified atom stereocenters. The molecule has 2 heteroatoms. The van der Waals surface area contributed by atoms with Crippen molar-refractivity contribution >= 4 is 22.1 Å². The quantitative estimate of drug-likeness (QED) is 0.229. The summed E-state index contributed by atoms with van der Waals surface area (Å²) in [4.78, 5) is 0. The third kappa shape index (κ3) is 4.26. The van der Waals surface area contributed by atoms with Crippen LogP contribution in [0.25, 0.3) is 33.0 Å². The Bertz CT molecular complexity index is 1690. The van der Waals surface area contributed by atoms with Gasteiger partial charge in [0.1, 0.15) is 0 Å². The maximum absolute atomic E-state index is 3.83. The minimum Gasteiger partial charge on any atom is -0.354 e. The van der Waals surface area contributed by atoms with Gasteiger partial charge in [-0.1, -0.05) is 127 Å². The monoisotopic (exact) mass is 488 g/mol. The first kappa shape index (κ1) is 22.5. The van der Waals surface area contributed by atoms with Crippen molar-refractivity contribution in [3.05, 3.63) is 157 Å². The van der Waals surface area contributed by atoms with Gasteiger partial charge in [-0.25, -0.2) is 0 Å². The van der Waals surface area contributed by atoms with E-state index in [1.165, 1.54) is 44.2 Å². The zero-order valence-corrected chi connectivity index (χ0v) is 21.0. The Morgan fingerprint density at radius 1 is 0.500 bits per heavy atom. The van der Waals surface area contributed by atoms with Crippen LogP contribution in [0.1, 0.15) is 23.2 Å². The van der Waals surface area contributed by atoms with E-state index < -0.39 is 0 Å². The Morgan fingerprint density at radius 3 is 1.74 bits per heavy atom. The van der Waals surface area contributed by atoms with E-state index in [9.17, 15) is 0 Å². The highest BCUT2D eigenvalue weighted by Gasteiger charge is 2.38. The number of hydrogen-bond acceptors (Lipinski definition) is 2. The average molecular weight is 489 g/mol. The molecule has 0 spiro atoms. The van der Waals surface area contributed by atoms with E-state index in [-0.39, 0.29) is 0 Å². The van der Waals surface area contributed by atoms with E-state index in [4.69, 9.17) is 0 Å². The summed E-state index contributed by atoms with van der Waals surface area (Å²) < 4.78 is 0. The Labute approximate surface area is 223 Å². The van der Waals surface area contributed by atoms with Gasteiger partial charge in [0, 0.05) is 16.6 Å². The van der Waals surface area contributed by atoms with Crippen LogP contribution in [0, 0.1) is 0 Å². The maximum atomic E-state index is 3.83. The van der Waals surface area contributed by atoms with E-state index in [0.29, 0.717) is 12.1 Å². The van der Waals surface area contributed by atoms with Crippen molar-refractivity contribution < 1.29 is 0 Å². The van der Waals surface area contributed by atoms with Gasteiger partial charge in [0.25, 0.3) is 0 Å². The van der Waals surface area contributed by atoms with Gasteiger partial charge in [-0.15, -0.1) is 0 Å². The summed E-state index contributed by atoms with van der Waals surface area (Å²) in [7, 11) is 0. The number of hydrogen-bond donors (Lipinski definition) is 2. The van der Waals surface area contributed by atoms with Gasteiger partial charge >= 0.3 is 0 Å². The highest BCUT2D eigenvalue weighted by atomic mass is 15.1. The molecular weight excluding hydrogens is 460 g/mol. The van der Waals surface area contributed by atoms with Crippen molar-refractivity contribution in [1.29, 1.82) is 0 Å². The molecule has 1 heterocycles. The van der Waals surface area contributed by atoms with Crippen LogP contribution < -0.4 is 10.6 Å². The predicted octanol–water partition coefficient (Wildman–Crippen LogP) is 9.30. The van der Waals surface area contributed by atoms with Gasteiger partial charge in [-0.05, 0) is 51.4 Å². The van der Waals surface area contributed by atoms with Gasteiger partial charge in [-0.2, -0.15) is 0 Å². The largest absolute Gasteiger partial charge is 0.354 e. The minimum atomic E-state index is 0.369. The van der Waals surface area contributed by atoms with Crippen molar-refractivity contribution in [3.63, 3.8) is 0 Å². The topological polar surface area (TPSA) is 34.0 Å². The first-order valence-corrected chi connectivity index (χ1v) is 13.2. The first-order chi connectivity index (χ1) is 18.8. The Kier molecular flexibility index (Phi) is 5.73. The second-order valence-corrected chi connectivity index (χ2v) is 9.91. The van der Waals surface area contributed by atoms with Crippen LogP contribution in [0.3, 0.4) is 0 Å². The molecule has 0 radical (unpaired) electrons. The zero-order valence-electron chi connectivity index (χ0n) is 21.0. The summed E-state index contributed by atoms with van der Waals surface area (Å²) >= 11 is 0. The second kappa shape index (κ2) is 9.66. The van der Waals surface area contributed by atoms with E-state index in [0.717, 1.165) is 11.4 Å². The molecule has 0 saturated carbocycles. The van der Waals surface area contributed by atoms with Crippen molar-refractivity contribution in [2.24, 2.45) is 0 Å². The fourth-order valence-electron chi connectivity index (χ4n) is 5.52. The Morgan fingerprint density at radius 2 is 1.05 bits per heavy atom. The lowest BCUT2D eigenvalue weighted by molar-refractivity contribution is 1.03. The lowest BCUT2D eigenvalue weighted by Crippen LogP contribution is -1.98. The fourth-order valence-corrected chi connectivity index (χ4v) is 5.52. The Balaban J connectivity index is 1.31. The lowest BCUT2D eigenvalue weighted by atomic mass is 9.89. The molecule has 0 aromatic heterocycles. The molecule has 2 nitrogen and oxygen atoms in total. The number of fused-ring (bicyclic) bond motifs is 1.